The number of ether oxygens (including phenoxy) is 1. The minimum atomic E-state index is -0.577. The molecule has 0 N–H and O–H groups in total. The fourth-order valence-electron chi connectivity index (χ4n) is 4.76. The second kappa shape index (κ2) is 10.5. The Morgan fingerprint density at radius 1 is 0.921 bits per heavy atom. The van der Waals surface area contributed by atoms with E-state index in [0.29, 0.717) is 44.7 Å². The number of halogens is 2. The van der Waals surface area contributed by atoms with E-state index in [1.165, 1.54) is 18.2 Å². The number of anilines is 1. The van der Waals surface area contributed by atoms with Crippen molar-refractivity contribution >= 4 is 17.6 Å². The van der Waals surface area contributed by atoms with Crippen LogP contribution < -0.4 is 4.90 Å². The third kappa shape index (κ3) is 5.66. The van der Waals surface area contributed by atoms with Gasteiger partial charge in [-0.2, -0.15) is 0 Å². The van der Waals surface area contributed by atoms with Gasteiger partial charge in [-0.1, -0.05) is 30.3 Å². The van der Waals surface area contributed by atoms with Gasteiger partial charge in [-0.15, -0.1) is 10.2 Å². The highest BCUT2D eigenvalue weighted by molar-refractivity contribution is 6.02. The third-order valence-electron chi connectivity index (χ3n) is 6.71. The Morgan fingerprint density at radius 2 is 1.61 bits per heavy atom. The number of rotatable bonds is 4. The normalized spacial score (nSPS) is 17.9. The van der Waals surface area contributed by atoms with Gasteiger partial charge in [0.1, 0.15) is 17.2 Å². The minimum absolute atomic E-state index is 0.0201. The topological polar surface area (TPSA) is 70.9 Å². The molecule has 5 rings (SSSR count). The maximum absolute atomic E-state index is 14.2. The highest BCUT2D eigenvalue weighted by atomic mass is 19.1. The molecule has 1 atom stereocenters. The second-order valence-corrected chi connectivity index (χ2v) is 10.6. The van der Waals surface area contributed by atoms with Crippen molar-refractivity contribution in [1.29, 1.82) is 0 Å². The van der Waals surface area contributed by atoms with Crippen LogP contribution in [0.2, 0.25) is 0 Å². The molecule has 1 aromatic heterocycles. The second-order valence-electron chi connectivity index (χ2n) is 10.6. The summed E-state index contributed by atoms with van der Waals surface area (Å²) in [6.45, 7) is 8.02. The first kappa shape index (κ1) is 25.8. The Hall–Kier alpha value is -3.88. The molecule has 0 radical (unpaired) electrons. The molecule has 198 valence electrons. The first-order valence-electron chi connectivity index (χ1n) is 12.9. The number of carbonyl (C=O) groups excluding carboxylic acids is 1. The molecular formula is C29H31F2N5O2. The smallest absolute Gasteiger partial charge is 0.410 e. The predicted octanol–water partition coefficient (Wildman–Crippen LogP) is 5.80. The molecular weight excluding hydrogens is 488 g/mol. The number of nitrogens with zero attached hydrogens (tertiary/aromatic N) is 5. The summed E-state index contributed by atoms with van der Waals surface area (Å²) in [6.07, 6.45) is 0.947. The number of hydrogen-bond acceptors (Lipinski definition) is 6. The van der Waals surface area contributed by atoms with Gasteiger partial charge in [0.15, 0.2) is 5.82 Å². The van der Waals surface area contributed by atoms with Gasteiger partial charge in [0.25, 0.3) is 0 Å². The Bertz CT molecular complexity index is 1310. The zero-order chi connectivity index (χ0) is 26.9. The molecule has 1 fully saturated rings. The number of carbonyl (C=O) groups is 1. The zero-order valence-electron chi connectivity index (χ0n) is 21.8. The number of hydrogen-bond donors (Lipinski definition) is 0. The van der Waals surface area contributed by atoms with Crippen molar-refractivity contribution in [3.8, 4) is 11.3 Å². The third-order valence-corrected chi connectivity index (χ3v) is 6.71. The molecule has 0 aliphatic carbocycles. The molecule has 0 bridgehead atoms. The lowest BCUT2D eigenvalue weighted by Crippen LogP contribution is -2.50. The molecule has 9 heteroatoms. The van der Waals surface area contributed by atoms with Crippen LogP contribution in [0, 0.1) is 11.6 Å². The van der Waals surface area contributed by atoms with E-state index in [0.717, 1.165) is 22.6 Å². The zero-order valence-corrected chi connectivity index (χ0v) is 21.8. The lowest BCUT2D eigenvalue weighted by molar-refractivity contribution is 0.0240. The predicted molar refractivity (Wildman–Crippen MR) is 142 cm³/mol. The van der Waals surface area contributed by atoms with E-state index in [-0.39, 0.29) is 17.7 Å². The van der Waals surface area contributed by atoms with Crippen LogP contribution in [0.4, 0.5) is 19.4 Å². The van der Waals surface area contributed by atoms with Crippen LogP contribution in [0.25, 0.3) is 11.3 Å². The maximum atomic E-state index is 14.2. The van der Waals surface area contributed by atoms with Gasteiger partial charge in [-0.3, -0.25) is 4.99 Å². The van der Waals surface area contributed by atoms with E-state index in [1.807, 2.05) is 57.2 Å². The van der Waals surface area contributed by atoms with E-state index in [9.17, 15) is 13.6 Å². The number of amides is 1. The van der Waals surface area contributed by atoms with Crippen molar-refractivity contribution < 1.29 is 18.3 Å². The van der Waals surface area contributed by atoms with Crippen molar-refractivity contribution in [2.45, 2.75) is 45.3 Å². The van der Waals surface area contributed by atoms with E-state index in [2.05, 4.69) is 20.1 Å². The lowest BCUT2D eigenvalue weighted by atomic mass is 10.0. The highest BCUT2D eigenvalue weighted by Gasteiger charge is 2.27. The average molecular weight is 520 g/mol. The summed E-state index contributed by atoms with van der Waals surface area (Å²) >= 11 is 0. The molecule has 2 aliphatic heterocycles. The first-order chi connectivity index (χ1) is 18.2. The van der Waals surface area contributed by atoms with Crippen LogP contribution in [0.3, 0.4) is 0 Å². The summed E-state index contributed by atoms with van der Waals surface area (Å²) in [5.74, 6) is -0.388. The maximum Gasteiger partial charge on any atom is 0.410 e. The van der Waals surface area contributed by atoms with Crippen molar-refractivity contribution in [3.63, 3.8) is 0 Å². The van der Waals surface area contributed by atoms with Gasteiger partial charge in [0.2, 0.25) is 0 Å². The van der Waals surface area contributed by atoms with Crippen LogP contribution in [0.1, 0.15) is 50.8 Å². The van der Waals surface area contributed by atoms with Gasteiger partial charge in [0.05, 0.1) is 17.3 Å². The molecule has 3 aromatic rings. The fourth-order valence-corrected chi connectivity index (χ4v) is 4.76. The van der Waals surface area contributed by atoms with Gasteiger partial charge >= 0.3 is 6.09 Å². The Balaban J connectivity index is 1.21. The number of aliphatic imine (C=N–C) groups is 1. The van der Waals surface area contributed by atoms with Crippen molar-refractivity contribution in [3.05, 3.63) is 77.4 Å². The molecule has 1 amide bonds. The summed E-state index contributed by atoms with van der Waals surface area (Å²) in [5.41, 5.74) is 2.60. The van der Waals surface area contributed by atoms with Gasteiger partial charge in [-0.05, 0) is 63.4 Å². The van der Waals surface area contributed by atoms with Gasteiger partial charge < -0.3 is 14.5 Å². The molecule has 1 saturated heterocycles. The fraction of sp³-hybridized carbons (Fsp3) is 0.379. The van der Waals surface area contributed by atoms with Crippen LogP contribution >= 0.6 is 0 Å². The van der Waals surface area contributed by atoms with E-state index in [4.69, 9.17) is 4.74 Å². The summed E-state index contributed by atoms with van der Waals surface area (Å²) < 4.78 is 33.8. The van der Waals surface area contributed by atoms with E-state index in [1.54, 1.807) is 4.90 Å². The Morgan fingerprint density at radius 3 is 2.21 bits per heavy atom. The number of benzene rings is 2. The monoisotopic (exact) mass is 519 g/mol. The van der Waals surface area contributed by atoms with E-state index >= 15 is 0 Å². The van der Waals surface area contributed by atoms with Gasteiger partial charge in [-0.25, -0.2) is 13.6 Å². The van der Waals surface area contributed by atoms with Gasteiger partial charge in [0, 0.05) is 37.5 Å². The number of aromatic nitrogens is 2. The molecule has 3 heterocycles. The standard InChI is InChI=1S/C29H31F2N5O2/c1-29(2,3)38-28(37)36-17-15-35(16-18-36)26-14-13-24(33-34-26)20-9-7-19(8-10-20)23-11-12-25(32-23)27-21(30)5-4-6-22(27)31/h4-10,13-14,23H,11-12,15-18H2,1-3H3. The minimum Gasteiger partial charge on any atom is -0.444 e. The highest BCUT2D eigenvalue weighted by Crippen LogP contribution is 2.33. The molecule has 2 aliphatic rings. The number of piperazine rings is 1. The quantitative estimate of drug-likeness (QED) is 0.436. The van der Waals surface area contributed by atoms with Crippen molar-refractivity contribution in [1.82, 2.24) is 15.1 Å². The summed E-state index contributed by atoms with van der Waals surface area (Å²) in [5, 5.41) is 8.83. The van der Waals surface area contributed by atoms with Crippen LogP contribution in [0.15, 0.2) is 59.6 Å². The van der Waals surface area contributed by atoms with Crippen molar-refractivity contribution in [2.75, 3.05) is 31.1 Å². The summed E-state index contributed by atoms with van der Waals surface area (Å²) in [7, 11) is 0. The average Bonchev–Trinajstić information content (AvgIpc) is 3.38. The molecule has 2 aromatic carbocycles. The molecule has 7 nitrogen and oxygen atoms in total. The van der Waals surface area contributed by atoms with Crippen LogP contribution in [0.5, 0.6) is 0 Å². The Labute approximate surface area is 221 Å². The SMILES string of the molecule is CC(C)(C)OC(=O)N1CCN(c2ccc(-c3ccc(C4CCC(c5c(F)cccc5F)=N4)cc3)nn2)CC1. The molecule has 0 spiro atoms. The molecule has 0 saturated carbocycles. The summed E-state index contributed by atoms with van der Waals surface area (Å²) in [6, 6.07) is 15.5. The van der Waals surface area contributed by atoms with Crippen molar-refractivity contribution in [2.24, 2.45) is 4.99 Å². The Kier molecular flexibility index (Phi) is 7.10. The lowest BCUT2D eigenvalue weighted by Gasteiger charge is -2.35. The van der Waals surface area contributed by atoms with Crippen LogP contribution in [-0.4, -0.2) is 58.7 Å². The molecule has 38 heavy (non-hydrogen) atoms. The van der Waals surface area contributed by atoms with Crippen LogP contribution in [-0.2, 0) is 4.74 Å². The largest absolute Gasteiger partial charge is 0.444 e. The molecule has 1 unspecified atom stereocenters. The summed E-state index contributed by atoms with van der Waals surface area (Å²) in [4.78, 5) is 20.7. The first-order valence-corrected chi connectivity index (χ1v) is 12.9. The van der Waals surface area contributed by atoms with E-state index < -0.39 is 17.2 Å².